The minimum atomic E-state index is 0.777. The number of allylic oxidation sites excluding steroid dienone is 3. The van der Waals surface area contributed by atoms with E-state index in [2.05, 4.69) is 79.0 Å². The summed E-state index contributed by atoms with van der Waals surface area (Å²) in [7, 11) is 2.20. The van der Waals surface area contributed by atoms with Crippen LogP contribution in [0.1, 0.15) is 41.8 Å². The number of nitrogens with zero attached hydrogens (tertiary/aromatic N) is 5. The van der Waals surface area contributed by atoms with Crippen LogP contribution in [0.2, 0.25) is 0 Å². The zero-order chi connectivity index (χ0) is 23.7. The van der Waals surface area contributed by atoms with Gasteiger partial charge in [0.15, 0.2) is 0 Å². The first-order valence-corrected chi connectivity index (χ1v) is 12.3. The number of aliphatic imine (C=N–C) groups is 1. The molecule has 0 spiro atoms. The second-order valence-corrected chi connectivity index (χ2v) is 9.19. The Labute approximate surface area is 202 Å². The van der Waals surface area contributed by atoms with Crippen LogP contribution in [0.15, 0.2) is 53.8 Å². The molecule has 0 atom stereocenters. The third-order valence-electron chi connectivity index (χ3n) is 6.99. The Kier molecular flexibility index (Phi) is 6.29. The average molecular weight is 452 g/mol. The first kappa shape index (κ1) is 22.5. The fourth-order valence-electron chi connectivity index (χ4n) is 5.15. The quantitative estimate of drug-likeness (QED) is 0.502. The molecule has 2 aliphatic rings. The van der Waals surface area contributed by atoms with Gasteiger partial charge in [-0.25, -0.2) is 0 Å². The summed E-state index contributed by atoms with van der Waals surface area (Å²) in [6, 6.07) is 8.85. The Morgan fingerprint density at radius 1 is 1.12 bits per heavy atom. The average Bonchev–Trinajstić information content (AvgIpc) is 3.30. The van der Waals surface area contributed by atoms with Gasteiger partial charge in [0.2, 0.25) is 0 Å². The fraction of sp³-hybridized carbons (Fsp3) is 0.345. The van der Waals surface area contributed by atoms with Gasteiger partial charge < -0.3 is 9.80 Å². The number of benzene rings is 1. The third kappa shape index (κ3) is 4.05. The van der Waals surface area contributed by atoms with Crippen molar-refractivity contribution in [2.45, 2.75) is 27.2 Å². The first-order chi connectivity index (χ1) is 16.6. The van der Waals surface area contributed by atoms with E-state index in [1.165, 1.54) is 38.9 Å². The summed E-state index contributed by atoms with van der Waals surface area (Å²) in [5, 5.41) is 1.24. The van der Waals surface area contributed by atoms with E-state index in [9.17, 15) is 0 Å². The Bertz CT molecular complexity index is 1310. The molecule has 2 aromatic heterocycles. The molecule has 1 saturated heterocycles. The molecule has 1 aliphatic heterocycles. The van der Waals surface area contributed by atoms with Crippen molar-refractivity contribution in [2.75, 3.05) is 44.7 Å². The summed E-state index contributed by atoms with van der Waals surface area (Å²) in [5.41, 5.74) is 10.8. The van der Waals surface area contributed by atoms with Crippen molar-refractivity contribution in [1.82, 2.24) is 14.9 Å². The summed E-state index contributed by atoms with van der Waals surface area (Å²) in [6.45, 7) is 11.4. The second-order valence-electron chi connectivity index (χ2n) is 9.19. The van der Waals surface area contributed by atoms with E-state index in [1.54, 1.807) is 0 Å². The van der Waals surface area contributed by atoms with Gasteiger partial charge in [0.1, 0.15) is 0 Å². The predicted octanol–water partition coefficient (Wildman–Crippen LogP) is 5.17. The van der Waals surface area contributed by atoms with Crippen LogP contribution < -0.4 is 4.90 Å². The Morgan fingerprint density at radius 3 is 2.71 bits per heavy atom. The molecule has 34 heavy (non-hydrogen) atoms. The number of aromatic nitrogens is 2. The van der Waals surface area contributed by atoms with Gasteiger partial charge in [-0.3, -0.25) is 15.0 Å². The summed E-state index contributed by atoms with van der Waals surface area (Å²) < 4.78 is 0. The fourth-order valence-corrected chi connectivity index (χ4v) is 5.15. The number of hydrogen-bond acceptors (Lipinski definition) is 5. The van der Waals surface area contributed by atoms with E-state index in [1.807, 2.05) is 18.6 Å². The number of rotatable bonds is 5. The molecule has 0 saturated carbocycles. The maximum absolute atomic E-state index is 4.76. The Hall–Kier alpha value is -3.31. The Balaban J connectivity index is 1.62. The molecule has 0 N–H and O–H groups in total. The highest BCUT2D eigenvalue weighted by Crippen LogP contribution is 2.39. The molecule has 5 nitrogen and oxygen atoms in total. The number of piperazine rings is 1. The highest BCUT2D eigenvalue weighted by molar-refractivity contribution is 6.12. The summed E-state index contributed by atoms with van der Waals surface area (Å²) in [5.74, 6) is 0. The van der Waals surface area contributed by atoms with Gasteiger partial charge in [-0.1, -0.05) is 18.2 Å². The lowest BCUT2D eigenvalue weighted by Gasteiger charge is -2.35. The number of aryl methyl sites for hydroxylation is 1. The first-order valence-electron chi connectivity index (χ1n) is 12.3. The van der Waals surface area contributed by atoms with Gasteiger partial charge in [-0.05, 0) is 73.9 Å². The van der Waals surface area contributed by atoms with E-state index in [4.69, 9.17) is 9.97 Å². The van der Waals surface area contributed by atoms with Crippen molar-refractivity contribution in [3.8, 4) is 0 Å². The molecule has 174 valence electrons. The molecule has 1 aromatic carbocycles. The smallest absolute Gasteiger partial charge is 0.0723 e. The van der Waals surface area contributed by atoms with Crippen LogP contribution in [0.5, 0.6) is 0 Å². The lowest BCUT2D eigenvalue weighted by Crippen LogP contribution is -2.44. The topological polar surface area (TPSA) is 44.6 Å². The zero-order valence-electron chi connectivity index (χ0n) is 20.7. The third-order valence-corrected chi connectivity index (χ3v) is 6.99. The second kappa shape index (κ2) is 9.51. The summed E-state index contributed by atoms with van der Waals surface area (Å²) in [6.07, 6.45) is 11.3. The number of anilines is 1. The predicted molar refractivity (Wildman–Crippen MR) is 144 cm³/mol. The summed E-state index contributed by atoms with van der Waals surface area (Å²) >= 11 is 0. The largest absolute Gasteiger partial charge is 0.368 e. The van der Waals surface area contributed by atoms with E-state index < -0.39 is 0 Å². The molecule has 5 rings (SSSR count). The van der Waals surface area contributed by atoms with Crippen LogP contribution in [0.4, 0.5) is 5.69 Å². The minimum Gasteiger partial charge on any atom is -0.368 e. The van der Waals surface area contributed by atoms with Crippen LogP contribution in [0.3, 0.4) is 0 Å². The lowest BCUT2D eigenvalue weighted by atomic mass is 9.92. The molecular weight excluding hydrogens is 418 g/mol. The van der Waals surface area contributed by atoms with E-state index >= 15 is 0 Å². The molecule has 3 aromatic rings. The Morgan fingerprint density at radius 2 is 1.94 bits per heavy atom. The number of hydrogen-bond donors (Lipinski definition) is 0. The monoisotopic (exact) mass is 451 g/mol. The van der Waals surface area contributed by atoms with E-state index in [0.717, 1.165) is 55.9 Å². The highest BCUT2D eigenvalue weighted by atomic mass is 15.2. The van der Waals surface area contributed by atoms with Gasteiger partial charge >= 0.3 is 0 Å². The van der Waals surface area contributed by atoms with Gasteiger partial charge in [-0.15, -0.1) is 0 Å². The van der Waals surface area contributed by atoms with Crippen LogP contribution in [0.25, 0.3) is 22.0 Å². The van der Waals surface area contributed by atoms with E-state index in [0.29, 0.717) is 0 Å². The molecule has 0 radical (unpaired) electrons. The van der Waals surface area contributed by atoms with Crippen molar-refractivity contribution >= 4 is 34.0 Å². The van der Waals surface area contributed by atoms with Gasteiger partial charge in [0, 0.05) is 68.7 Å². The van der Waals surface area contributed by atoms with Crippen LogP contribution in [0, 0.1) is 6.92 Å². The molecule has 0 amide bonds. The van der Waals surface area contributed by atoms with Crippen molar-refractivity contribution in [3.63, 3.8) is 0 Å². The van der Waals surface area contributed by atoms with Crippen molar-refractivity contribution < 1.29 is 0 Å². The van der Waals surface area contributed by atoms with Gasteiger partial charge in [0.25, 0.3) is 0 Å². The molecule has 1 fully saturated rings. The molecular formula is C29H33N5. The number of fused-ring (bicyclic) bond motifs is 2. The normalized spacial score (nSPS) is 17.0. The van der Waals surface area contributed by atoms with Crippen LogP contribution >= 0.6 is 0 Å². The van der Waals surface area contributed by atoms with Crippen molar-refractivity contribution in [2.24, 2.45) is 4.99 Å². The number of likely N-dealkylation sites (N-methyl/N-ethyl adjacent to an activating group) is 1. The van der Waals surface area contributed by atoms with Crippen molar-refractivity contribution in [3.05, 3.63) is 76.8 Å². The van der Waals surface area contributed by atoms with Crippen LogP contribution in [-0.2, 0) is 6.42 Å². The van der Waals surface area contributed by atoms with Crippen LogP contribution in [-0.4, -0.2) is 60.9 Å². The minimum absolute atomic E-state index is 0.777. The SMILES string of the molecule is C/C=C(\C=NCC)c1ccnc2c1C(c1ccc3ncc(C)c(N4CCN(C)CC4)c3c1)=CC2. The number of pyridine rings is 2. The highest BCUT2D eigenvalue weighted by Gasteiger charge is 2.23. The molecule has 0 unspecified atom stereocenters. The zero-order valence-corrected chi connectivity index (χ0v) is 20.7. The van der Waals surface area contributed by atoms with Crippen molar-refractivity contribution in [1.29, 1.82) is 0 Å². The molecule has 1 aliphatic carbocycles. The molecule has 0 bridgehead atoms. The molecule has 3 heterocycles. The maximum Gasteiger partial charge on any atom is 0.0723 e. The lowest BCUT2D eigenvalue weighted by molar-refractivity contribution is 0.313. The van der Waals surface area contributed by atoms with E-state index in [-0.39, 0.29) is 0 Å². The molecule has 5 heteroatoms. The van der Waals surface area contributed by atoms with Gasteiger partial charge in [-0.2, -0.15) is 0 Å². The van der Waals surface area contributed by atoms with Gasteiger partial charge in [0.05, 0.1) is 16.9 Å². The standard InChI is InChI=1S/C29H33N5/c1-5-21(19-30-6-2)24-11-12-31-27-10-8-23(28(24)27)22-7-9-26-25(17-22)29(20(3)18-32-26)34-15-13-33(4)14-16-34/h5,7-9,11-12,17-19H,6,10,13-16H2,1-4H3/b21-5+,30-19?. The maximum atomic E-state index is 4.76. The summed E-state index contributed by atoms with van der Waals surface area (Å²) in [4.78, 5) is 18.9.